The summed E-state index contributed by atoms with van der Waals surface area (Å²) in [7, 11) is 0. The van der Waals surface area contributed by atoms with Gasteiger partial charge in [0.2, 0.25) is 0 Å². The third kappa shape index (κ3) is 3.44. The molecule has 0 N–H and O–H groups in total. The molecule has 2 aromatic rings. The van der Waals surface area contributed by atoms with E-state index in [1.54, 1.807) is 0 Å². The maximum Gasteiger partial charge on any atom is 0.417 e. The minimum absolute atomic E-state index is 0.498. The van der Waals surface area contributed by atoms with Crippen molar-refractivity contribution in [1.29, 1.82) is 0 Å². The van der Waals surface area contributed by atoms with Crippen LogP contribution in [0.1, 0.15) is 11.1 Å². The molecule has 0 saturated carbocycles. The fourth-order valence-corrected chi connectivity index (χ4v) is 1.85. The molecule has 9 heteroatoms. The number of alkyl halides is 6. The van der Waals surface area contributed by atoms with E-state index in [1.807, 2.05) is 0 Å². The monoisotopic (exact) mass is 326 g/mol. The lowest BCUT2D eigenvalue weighted by atomic mass is 10.0. The van der Waals surface area contributed by atoms with Gasteiger partial charge in [-0.3, -0.25) is 4.98 Å². The Morgan fingerprint density at radius 1 is 0.952 bits per heavy atom. The second-order valence-corrected chi connectivity index (χ2v) is 4.37. The molecule has 0 bridgehead atoms. The minimum Gasteiger partial charge on any atom is -0.264 e. The third-order valence-corrected chi connectivity index (χ3v) is 2.72. The van der Waals surface area contributed by atoms with Crippen molar-refractivity contribution in [2.75, 3.05) is 0 Å². The van der Waals surface area contributed by atoms with Gasteiger partial charge < -0.3 is 0 Å². The molecule has 0 aliphatic carbocycles. The van der Waals surface area contributed by atoms with Gasteiger partial charge in [0, 0.05) is 18.0 Å². The zero-order chi connectivity index (χ0) is 15.8. The number of aromatic nitrogens is 2. The van der Waals surface area contributed by atoms with Gasteiger partial charge >= 0.3 is 12.4 Å². The molecular formula is C12H5ClF6N2. The first kappa shape index (κ1) is 15.6. The average Bonchev–Trinajstić information content (AvgIpc) is 2.36. The van der Waals surface area contributed by atoms with Crippen LogP contribution in [0.3, 0.4) is 0 Å². The van der Waals surface area contributed by atoms with Crippen molar-refractivity contribution < 1.29 is 26.3 Å². The van der Waals surface area contributed by atoms with Crippen LogP contribution in [0, 0.1) is 0 Å². The van der Waals surface area contributed by atoms with Gasteiger partial charge in [-0.25, -0.2) is 4.98 Å². The smallest absolute Gasteiger partial charge is 0.264 e. The van der Waals surface area contributed by atoms with Crippen LogP contribution < -0.4 is 0 Å². The molecule has 2 aromatic heterocycles. The Labute approximate surface area is 119 Å². The van der Waals surface area contributed by atoms with E-state index in [0.29, 0.717) is 18.2 Å². The molecule has 0 radical (unpaired) electrons. The molecular weight excluding hydrogens is 322 g/mol. The van der Waals surface area contributed by atoms with Crippen molar-refractivity contribution in [3.05, 3.63) is 46.9 Å². The van der Waals surface area contributed by atoms with Crippen molar-refractivity contribution in [3.63, 3.8) is 0 Å². The maximum absolute atomic E-state index is 12.9. The van der Waals surface area contributed by atoms with Crippen molar-refractivity contribution in [3.8, 4) is 11.3 Å². The predicted molar refractivity (Wildman–Crippen MR) is 62.5 cm³/mol. The summed E-state index contributed by atoms with van der Waals surface area (Å²) in [5.74, 6) is 0. The quantitative estimate of drug-likeness (QED) is 0.554. The largest absolute Gasteiger partial charge is 0.417 e. The molecule has 0 aromatic carbocycles. The molecule has 2 rings (SSSR count). The van der Waals surface area contributed by atoms with Crippen LogP contribution in [0.15, 0.2) is 30.6 Å². The van der Waals surface area contributed by atoms with Gasteiger partial charge in [-0.2, -0.15) is 26.3 Å². The summed E-state index contributed by atoms with van der Waals surface area (Å²) in [5, 5.41) is -0.559. The van der Waals surface area contributed by atoms with Crippen LogP contribution >= 0.6 is 11.6 Å². The number of hydrogen-bond donors (Lipinski definition) is 0. The highest BCUT2D eigenvalue weighted by Crippen LogP contribution is 2.38. The fourth-order valence-electron chi connectivity index (χ4n) is 1.64. The Bertz CT molecular complexity index is 666. The lowest BCUT2D eigenvalue weighted by Crippen LogP contribution is -2.09. The van der Waals surface area contributed by atoms with E-state index in [0.717, 1.165) is 12.4 Å². The Morgan fingerprint density at radius 2 is 1.62 bits per heavy atom. The number of hydrogen-bond acceptors (Lipinski definition) is 2. The first-order valence-electron chi connectivity index (χ1n) is 5.35. The van der Waals surface area contributed by atoms with Crippen molar-refractivity contribution in [2.45, 2.75) is 12.4 Å². The lowest BCUT2D eigenvalue weighted by Gasteiger charge is -2.13. The second kappa shape index (κ2) is 5.18. The summed E-state index contributed by atoms with van der Waals surface area (Å²) in [6.07, 6.45) is -7.81. The van der Waals surface area contributed by atoms with Crippen LogP contribution in [-0.2, 0) is 12.4 Å². The highest BCUT2D eigenvalue weighted by Gasteiger charge is 2.36. The summed E-state index contributed by atoms with van der Waals surface area (Å²) in [5.41, 5.74) is -3.44. The molecule has 0 spiro atoms. The van der Waals surface area contributed by atoms with Crippen molar-refractivity contribution in [2.24, 2.45) is 0 Å². The molecule has 2 heterocycles. The summed E-state index contributed by atoms with van der Waals surface area (Å²) < 4.78 is 76.6. The van der Waals surface area contributed by atoms with Crippen molar-refractivity contribution in [1.82, 2.24) is 9.97 Å². The molecule has 112 valence electrons. The summed E-state index contributed by atoms with van der Waals surface area (Å²) in [6.45, 7) is 0. The van der Waals surface area contributed by atoms with Gasteiger partial charge in [-0.1, -0.05) is 11.6 Å². The number of nitrogens with zero attached hydrogens (tertiary/aromatic N) is 2. The standard InChI is InChI=1S/C12H5ClF6N2/c13-10-4-6(11(14,15)16)3-9(21-10)7-5-20-2-1-8(7)12(17,18)19/h1-5H. The van der Waals surface area contributed by atoms with Crippen LogP contribution in [0.2, 0.25) is 5.15 Å². The van der Waals surface area contributed by atoms with Gasteiger partial charge in [0.25, 0.3) is 0 Å². The van der Waals surface area contributed by atoms with E-state index < -0.39 is 39.9 Å². The van der Waals surface area contributed by atoms with Crippen LogP contribution in [0.25, 0.3) is 11.3 Å². The molecule has 0 amide bonds. The predicted octanol–water partition coefficient (Wildman–Crippen LogP) is 4.83. The Hall–Kier alpha value is -1.83. The zero-order valence-corrected chi connectivity index (χ0v) is 10.7. The molecule has 2 nitrogen and oxygen atoms in total. The molecule has 0 fully saturated rings. The van der Waals surface area contributed by atoms with Gasteiger partial charge in [0.15, 0.2) is 0 Å². The van der Waals surface area contributed by atoms with E-state index in [1.165, 1.54) is 0 Å². The third-order valence-electron chi connectivity index (χ3n) is 2.52. The van der Waals surface area contributed by atoms with E-state index in [2.05, 4.69) is 9.97 Å². The van der Waals surface area contributed by atoms with Gasteiger partial charge in [-0.05, 0) is 18.2 Å². The highest BCUT2D eigenvalue weighted by atomic mass is 35.5. The van der Waals surface area contributed by atoms with E-state index in [4.69, 9.17) is 11.6 Å². The van der Waals surface area contributed by atoms with Crippen LogP contribution in [0.4, 0.5) is 26.3 Å². The molecule has 0 aliphatic rings. The van der Waals surface area contributed by atoms with Crippen LogP contribution in [-0.4, -0.2) is 9.97 Å². The highest BCUT2D eigenvalue weighted by molar-refractivity contribution is 6.29. The van der Waals surface area contributed by atoms with E-state index in [9.17, 15) is 26.3 Å². The summed E-state index contributed by atoms with van der Waals surface area (Å²) in [6, 6.07) is 1.69. The Kier molecular flexibility index (Phi) is 3.83. The second-order valence-electron chi connectivity index (χ2n) is 3.98. The van der Waals surface area contributed by atoms with E-state index in [-0.39, 0.29) is 0 Å². The topological polar surface area (TPSA) is 25.8 Å². The molecule has 0 unspecified atom stereocenters. The summed E-state index contributed by atoms with van der Waals surface area (Å²) >= 11 is 5.46. The van der Waals surface area contributed by atoms with Gasteiger partial charge in [-0.15, -0.1) is 0 Å². The van der Waals surface area contributed by atoms with Gasteiger partial charge in [0.05, 0.1) is 16.8 Å². The Balaban J connectivity index is 2.66. The first-order chi connectivity index (χ1) is 9.59. The zero-order valence-electron chi connectivity index (χ0n) is 9.93. The van der Waals surface area contributed by atoms with Gasteiger partial charge in [0.1, 0.15) is 5.15 Å². The van der Waals surface area contributed by atoms with Crippen molar-refractivity contribution >= 4 is 11.6 Å². The number of halogens is 7. The molecule has 0 saturated heterocycles. The molecule has 0 atom stereocenters. The molecule has 21 heavy (non-hydrogen) atoms. The average molecular weight is 327 g/mol. The number of pyridine rings is 2. The van der Waals surface area contributed by atoms with E-state index >= 15 is 0 Å². The van der Waals surface area contributed by atoms with Crippen LogP contribution in [0.5, 0.6) is 0 Å². The summed E-state index contributed by atoms with van der Waals surface area (Å²) in [4.78, 5) is 7.01. The molecule has 0 aliphatic heterocycles. The SMILES string of the molecule is FC(F)(F)c1cc(Cl)nc(-c2cnccc2C(F)(F)F)c1. The lowest BCUT2D eigenvalue weighted by molar-refractivity contribution is -0.137. The Morgan fingerprint density at radius 3 is 2.19 bits per heavy atom. The number of rotatable bonds is 1. The fraction of sp³-hybridized carbons (Fsp3) is 0.167. The minimum atomic E-state index is -4.75. The first-order valence-corrected chi connectivity index (χ1v) is 5.73. The normalized spacial score (nSPS) is 12.5. The maximum atomic E-state index is 12.9.